The molecule has 0 spiro atoms. The van der Waals surface area contributed by atoms with E-state index in [9.17, 15) is 9.90 Å². The molecule has 2 atom stereocenters. The van der Waals surface area contributed by atoms with E-state index in [0.717, 1.165) is 10.4 Å². The molecule has 5 nitrogen and oxygen atoms in total. The minimum absolute atomic E-state index is 0.0147. The summed E-state index contributed by atoms with van der Waals surface area (Å²) < 4.78 is 5.58. The summed E-state index contributed by atoms with van der Waals surface area (Å²) in [6, 6.07) is 13.3. The van der Waals surface area contributed by atoms with Crippen molar-refractivity contribution in [1.29, 1.82) is 0 Å². The number of nitrogens with zero attached hydrogens (tertiary/aromatic N) is 1. The van der Waals surface area contributed by atoms with Gasteiger partial charge in [0, 0.05) is 24.5 Å². The molecular formula is C18H22N2O3S. The van der Waals surface area contributed by atoms with Crippen molar-refractivity contribution >= 4 is 17.2 Å². The van der Waals surface area contributed by atoms with Gasteiger partial charge in [-0.1, -0.05) is 36.4 Å². The van der Waals surface area contributed by atoms with E-state index in [1.165, 1.54) is 0 Å². The lowest BCUT2D eigenvalue weighted by atomic mass is 10.0. The third-order valence-electron chi connectivity index (χ3n) is 4.01. The lowest BCUT2D eigenvalue weighted by Gasteiger charge is -2.36. The molecule has 1 aliphatic rings. The standard InChI is InChI=1S/C18H22N2O3S/c21-15(12-23-13-16-7-4-10-24-16)11-20-9-8-19-18(22)17(20)14-5-2-1-3-6-14/h1-7,10,15,17,21H,8-9,11-13H2,(H,19,22)/t15-,17-/m0/s1. The van der Waals surface area contributed by atoms with Crippen LogP contribution >= 0.6 is 11.3 Å². The van der Waals surface area contributed by atoms with E-state index in [0.29, 0.717) is 26.2 Å². The van der Waals surface area contributed by atoms with Crippen molar-refractivity contribution in [1.82, 2.24) is 10.2 Å². The zero-order valence-electron chi connectivity index (χ0n) is 13.4. The van der Waals surface area contributed by atoms with Crippen LogP contribution in [0.2, 0.25) is 0 Å². The molecule has 1 aromatic carbocycles. The van der Waals surface area contributed by atoms with Crippen LogP contribution in [0.25, 0.3) is 0 Å². The van der Waals surface area contributed by atoms with E-state index in [-0.39, 0.29) is 18.6 Å². The van der Waals surface area contributed by atoms with Crippen molar-refractivity contribution in [2.45, 2.75) is 18.8 Å². The average Bonchev–Trinajstić information content (AvgIpc) is 3.09. The van der Waals surface area contributed by atoms with Crippen LogP contribution in [-0.2, 0) is 16.1 Å². The van der Waals surface area contributed by atoms with Gasteiger partial charge in [-0.05, 0) is 17.0 Å². The van der Waals surface area contributed by atoms with E-state index in [1.54, 1.807) is 11.3 Å². The van der Waals surface area contributed by atoms with Crippen LogP contribution in [0, 0.1) is 0 Å². The first-order chi connectivity index (χ1) is 11.7. The summed E-state index contributed by atoms with van der Waals surface area (Å²) in [5, 5.41) is 15.2. The van der Waals surface area contributed by atoms with E-state index >= 15 is 0 Å². The van der Waals surface area contributed by atoms with E-state index in [1.807, 2.05) is 52.7 Å². The number of amides is 1. The first-order valence-corrected chi connectivity index (χ1v) is 8.97. The van der Waals surface area contributed by atoms with Crippen molar-refractivity contribution in [2.24, 2.45) is 0 Å². The van der Waals surface area contributed by atoms with Crippen molar-refractivity contribution < 1.29 is 14.6 Å². The summed E-state index contributed by atoms with van der Waals surface area (Å²) in [5.74, 6) is -0.0147. The van der Waals surface area contributed by atoms with Gasteiger partial charge in [-0.2, -0.15) is 0 Å². The molecule has 0 bridgehead atoms. The summed E-state index contributed by atoms with van der Waals surface area (Å²) in [4.78, 5) is 15.5. The predicted molar refractivity (Wildman–Crippen MR) is 93.7 cm³/mol. The van der Waals surface area contributed by atoms with Gasteiger partial charge in [0.1, 0.15) is 6.04 Å². The normalized spacial score (nSPS) is 19.9. The number of hydrogen-bond donors (Lipinski definition) is 2. The topological polar surface area (TPSA) is 61.8 Å². The second-order valence-corrected chi connectivity index (χ2v) is 6.88. The number of hydrogen-bond acceptors (Lipinski definition) is 5. The molecule has 24 heavy (non-hydrogen) atoms. The maximum Gasteiger partial charge on any atom is 0.242 e. The van der Waals surface area contributed by atoms with Gasteiger partial charge in [-0.25, -0.2) is 0 Å². The molecule has 6 heteroatoms. The summed E-state index contributed by atoms with van der Waals surface area (Å²) in [7, 11) is 0. The lowest BCUT2D eigenvalue weighted by Crippen LogP contribution is -2.52. The van der Waals surface area contributed by atoms with Gasteiger partial charge in [0.25, 0.3) is 0 Å². The highest BCUT2D eigenvalue weighted by Gasteiger charge is 2.31. The van der Waals surface area contributed by atoms with Gasteiger partial charge in [0.15, 0.2) is 0 Å². The molecule has 0 saturated carbocycles. The van der Waals surface area contributed by atoms with Gasteiger partial charge in [0.05, 0.1) is 19.3 Å². The Bertz CT molecular complexity index is 633. The van der Waals surface area contributed by atoms with Crippen LogP contribution in [0.3, 0.4) is 0 Å². The highest BCUT2D eigenvalue weighted by Crippen LogP contribution is 2.23. The second-order valence-electron chi connectivity index (χ2n) is 5.85. The van der Waals surface area contributed by atoms with Crippen molar-refractivity contribution in [3.63, 3.8) is 0 Å². The minimum atomic E-state index is -0.623. The fourth-order valence-electron chi connectivity index (χ4n) is 2.92. The van der Waals surface area contributed by atoms with Crippen molar-refractivity contribution in [3.8, 4) is 0 Å². The van der Waals surface area contributed by atoms with Gasteiger partial charge < -0.3 is 15.2 Å². The smallest absolute Gasteiger partial charge is 0.242 e. The summed E-state index contributed by atoms with van der Waals surface area (Å²) in [5.41, 5.74) is 0.946. The second kappa shape index (κ2) is 8.39. The number of nitrogens with one attached hydrogen (secondary N) is 1. The van der Waals surface area contributed by atoms with E-state index < -0.39 is 6.10 Å². The van der Waals surface area contributed by atoms with Crippen molar-refractivity contribution in [3.05, 3.63) is 58.3 Å². The number of piperazine rings is 1. The molecule has 1 aliphatic heterocycles. The Morgan fingerprint density at radius 2 is 2.12 bits per heavy atom. The molecule has 2 N–H and O–H groups in total. The zero-order valence-corrected chi connectivity index (χ0v) is 14.2. The maximum absolute atomic E-state index is 12.3. The molecule has 2 aromatic rings. The average molecular weight is 346 g/mol. The van der Waals surface area contributed by atoms with Crippen LogP contribution in [0.5, 0.6) is 0 Å². The minimum Gasteiger partial charge on any atom is -0.389 e. The van der Waals surface area contributed by atoms with E-state index in [4.69, 9.17) is 4.74 Å². The van der Waals surface area contributed by atoms with Crippen LogP contribution in [-0.4, -0.2) is 48.3 Å². The first-order valence-electron chi connectivity index (χ1n) is 8.09. The molecule has 1 fully saturated rings. The monoisotopic (exact) mass is 346 g/mol. The molecule has 1 aromatic heterocycles. The molecule has 2 heterocycles. The Balaban J connectivity index is 1.56. The Morgan fingerprint density at radius 3 is 2.88 bits per heavy atom. The fourth-order valence-corrected chi connectivity index (χ4v) is 3.56. The number of aliphatic hydroxyl groups excluding tert-OH is 1. The highest BCUT2D eigenvalue weighted by atomic mass is 32.1. The molecule has 0 unspecified atom stereocenters. The molecule has 1 saturated heterocycles. The Hall–Kier alpha value is -1.73. The number of β-amino-alcohol motifs (C(OH)–C–C–N with tert-alkyl or cyclic N) is 1. The molecule has 1 amide bonds. The summed E-state index contributed by atoms with van der Waals surface area (Å²) >= 11 is 1.64. The first kappa shape index (κ1) is 17.1. The molecule has 0 aliphatic carbocycles. The predicted octanol–water partition coefficient (Wildman–Crippen LogP) is 1.80. The Labute approximate surface area is 145 Å². The summed E-state index contributed by atoms with van der Waals surface area (Å²) in [6.07, 6.45) is -0.623. The summed E-state index contributed by atoms with van der Waals surface area (Å²) in [6.45, 7) is 2.50. The SMILES string of the molecule is O=C1NCCN(C[C@H](O)COCc2cccs2)[C@H]1c1ccccc1. The lowest BCUT2D eigenvalue weighted by molar-refractivity contribution is -0.130. The van der Waals surface area contributed by atoms with Crippen LogP contribution in [0.4, 0.5) is 0 Å². The number of rotatable bonds is 7. The van der Waals surface area contributed by atoms with Gasteiger partial charge in [0.2, 0.25) is 5.91 Å². The zero-order chi connectivity index (χ0) is 16.8. The number of carbonyl (C=O) groups is 1. The third-order valence-corrected chi connectivity index (χ3v) is 4.86. The van der Waals surface area contributed by atoms with Gasteiger partial charge in [-0.15, -0.1) is 11.3 Å². The Morgan fingerprint density at radius 1 is 1.29 bits per heavy atom. The Kier molecular flexibility index (Phi) is 5.98. The number of carbonyl (C=O) groups excluding carboxylic acids is 1. The van der Waals surface area contributed by atoms with Gasteiger partial charge in [-0.3, -0.25) is 9.69 Å². The molecule has 128 valence electrons. The van der Waals surface area contributed by atoms with Gasteiger partial charge >= 0.3 is 0 Å². The van der Waals surface area contributed by atoms with Crippen molar-refractivity contribution in [2.75, 3.05) is 26.2 Å². The molecule has 0 radical (unpaired) electrons. The number of benzene rings is 1. The maximum atomic E-state index is 12.3. The van der Waals surface area contributed by atoms with Crippen LogP contribution < -0.4 is 5.32 Å². The number of ether oxygens (including phenoxy) is 1. The van der Waals surface area contributed by atoms with Crippen LogP contribution in [0.15, 0.2) is 47.8 Å². The molecular weight excluding hydrogens is 324 g/mol. The number of aliphatic hydroxyl groups is 1. The fraction of sp³-hybridized carbons (Fsp3) is 0.389. The highest BCUT2D eigenvalue weighted by molar-refractivity contribution is 7.09. The third kappa shape index (κ3) is 4.42. The molecule has 3 rings (SSSR count). The van der Waals surface area contributed by atoms with E-state index in [2.05, 4.69) is 5.32 Å². The largest absolute Gasteiger partial charge is 0.389 e. The van der Waals surface area contributed by atoms with Crippen LogP contribution in [0.1, 0.15) is 16.5 Å². The number of thiophene rings is 1. The quantitative estimate of drug-likeness (QED) is 0.803.